The van der Waals surface area contributed by atoms with Crippen molar-refractivity contribution in [1.29, 1.82) is 0 Å². The van der Waals surface area contributed by atoms with Crippen molar-refractivity contribution >= 4 is 5.97 Å². The van der Waals surface area contributed by atoms with Gasteiger partial charge in [0.15, 0.2) is 0 Å². The number of hydrogen-bond acceptors (Lipinski definition) is 5. The molecule has 1 aliphatic rings. The van der Waals surface area contributed by atoms with Gasteiger partial charge in [0, 0.05) is 25.2 Å². The van der Waals surface area contributed by atoms with Gasteiger partial charge in [0.05, 0.1) is 33.1 Å². The van der Waals surface area contributed by atoms with E-state index in [-0.39, 0.29) is 6.10 Å². The normalized spacial score (nSPS) is 21.1. The Morgan fingerprint density at radius 1 is 0.969 bits per heavy atom. The first kappa shape index (κ1) is 22.1. The lowest BCUT2D eigenvalue weighted by molar-refractivity contribution is -0.914. The smallest absolute Gasteiger partial charge is 0.347 e. The quantitative estimate of drug-likeness (QED) is 0.459. The summed E-state index contributed by atoms with van der Waals surface area (Å²) in [5.41, 5.74) is -0.811. The summed E-state index contributed by atoms with van der Waals surface area (Å²) in [7, 11) is 2.23. The molecular weight excluding hydrogens is 402 g/mol. The van der Waals surface area contributed by atoms with Gasteiger partial charge < -0.3 is 14.3 Å². The minimum Gasteiger partial charge on any atom is -0.459 e. The molecule has 4 rings (SSSR count). The zero-order chi connectivity index (χ0) is 22.4. The maximum absolute atomic E-state index is 13.3. The Kier molecular flexibility index (Phi) is 6.63. The molecule has 166 valence electrons. The predicted molar refractivity (Wildman–Crippen MR) is 122 cm³/mol. The Morgan fingerprint density at radius 3 is 2.03 bits per heavy atom. The molecule has 0 spiro atoms. The topological polar surface area (TPSA) is 72.3 Å². The number of aliphatic hydroxyl groups is 1. The van der Waals surface area contributed by atoms with E-state index in [2.05, 4.69) is 17.0 Å². The highest BCUT2D eigenvalue weighted by atomic mass is 16.6. The molecule has 0 radical (unpaired) electrons. The molecule has 6 nitrogen and oxygen atoms in total. The maximum Gasteiger partial charge on any atom is 0.347 e. The van der Waals surface area contributed by atoms with E-state index in [9.17, 15) is 9.90 Å². The number of carbonyl (C=O) groups excluding carboxylic acids is 1. The molecule has 0 atom stereocenters. The molecule has 1 saturated heterocycles. The van der Waals surface area contributed by atoms with Gasteiger partial charge in [-0.05, 0) is 17.2 Å². The monoisotopic (exact) mass is 432 g/mol. The molecule has 0 aliphatic carbocycles. The van der Waals surface area contributed by atoms with Crippen LogP contribution < -0.4 is 0 Å². The number of piperidine rings is 1. The number of rotatable bonds is 7. The highest BCUT2D eigenvalue weighted by Crippen LogP contribution is 2.32. The van der Waals surface area contributed by atoms with Gasteiger partial charge >= 0.3 is 5.97 Å². The highest BCUT2D eigenvalue weighted by molar-refractivity contribution is 5.85. The van der Waals surface area contributed by atoms with Crippen molar-refractivity contribution in [2.24, 2.45) is 0 Å². The van der Waals surface area contributed by atoms with E-state index >= 15 is 0 Å². The lowest BCUT2D eigenvalue weighted by Gasteiger charge is -2.40. The van der Waals surface area contributed by atoms with E-state index in [0.29, 0.717) is 11.1 Å². The van der Waals surface area contributed by atoms with Crippen LogP contribution in [0, 0.1) is 0 Å². The van der Waals surface area contributed by atoms with Crippen LogP contribution in [-0.4, -0.2) is 58.3 Å². The third-order valence-electron chi connectivity index (χ3n) is 6.43. The summed E-state index contributed by atoms with van der Waals surface area (Å²) < 4.78 is 6.79. The van der Waals surface area contributed by atoms with E-state index in [0.717, 1.165) is 49.2 Å². The van der Waals surface area contributed by atoms with Crippen molar-refractivity contribution in [3.63, 3.8) is 0 Å². The number of nitrogens with zero attached hydrogens (tertiary/aromatic N) is 3. The second-order valence-electron chi connectivity index (χ2n) is 8.75. The molecule has 2 heterocycles. The Balaban J connectivity index is 1.42. The second-order valence-corrected chi connectivity index (χ2v) is 8.75. The van der Waals surface area contributed by atoms with Crippen molar-refractivity contribution in [2.75, 3.05) is 26.7 Å². The predicted octanol–water partition coefficient (Wildman–Crippen LogP) is 3.11. The van der Waals surface area contributed by atoms with Gasteiger partial charge in [0.2, 0.25) is 5.60 Å². The van der Waals surface area contributed by atoms with Crippen LogP contribution in [0.2, 0.25) is 0 Å². The maximum atomic E-state index is 13.3. The van der Waals surface area contributed by atoms with Crippen molar-refractivity contribution in [3.8, 4) is 0 Å². The third kappa shape index (κ3) is 4.87. The van der Waals surface area contributed by atoms with Crippen molar-refractivity contribution in [3.05, 3.63) is 96.1 Å². The van der Waals surface area contributed by atoms with Crippen LogP contribution in [0.5, 0.6) is 0 Å². The van der Waals surface area contributed by atoms with Crippen LogP contribution in [0.15, 0.2) is 79.1 Å². The van der Waals surface area contributed by atoms with Gasteiger partial charge in [0.1, 0.15) is 11.9 Å². The first-order valence-corrected chi connectivity index (χ1v) is 11.1. The summed E-state index contributed by atoms with van der Waals surface area (Å²) in [6, 6.07) is 19.8. The molecule has 1 fully saturated rings. The second kappa shape index (κ2) is 9.59. The number of likely N-dealkylation sites (tertiary alicyclic amines) is 1. The van der Waals surface area contributed by atoms with Gasteiger partial charge in [0.25, 0.3) is 0 Å². The fraction of sp³-hybridized carbons (Fsp3) is 0.346. The number of carbonyl (C=O) groups is 1. The summed E-state index contributed by atoms with van der Waals surface area (Å²) in [6.45, 7) is 2.75. The zero-order valence-electron chi connectivity index (χ0n) is 18.4. The number of esters is 1. The fourth-order valence-corrected chi connectivity index (χ4v) is 4.34. The molecule has 3 aromatic rings. The van der Waals surface area contributed by atoms with Gasteiger partial charge in [-0.25, -0.2) is 14.8 Å². The van der Waals surface area contributed by atoms with Crippen LogP contribution in [0.3, 0.4) is 0 Å². The lowest BCUT2D eigenvalue weighted by atomic mass is 9.86. The van der Waals surface area contributed by atoms with Gasteiger partial charge in [-0.1, -0.05) is 60.7 Å². The molecular formula is C26H30N3O3+. The summed E-state index contributed by atoms with van der Waals surface area (Å²) >= 11 is 0. The SMILES string of the molecule is C[N+]1(CCc2ncccn2)CCC(OC(=O)C(O)(c2ccccc2)c2ccccc2)CC1. The average molecular weight is 433 g/mol. The van der Waals surface area contributed by atoms with Crippen LogP contribution in [0.25, 0.3) is 0 Å². The lowest BCUT2D eigenvalue weighted by Crippen LogP contribution is -2.53. The van der Waals surface area contributed by atoms with E-state index in [1.165, 1.54) is 0 Å². The van der Waals surface area contributed by atoms with Crippen LogP contribution in [0.4, 0.5) is 0 Å². The van der Waals surface area contributed by atoms with E-state index in [1.807, 2.05) is 42.5 Å². The van der Waals surface area contributed by atoms with Crippen LogP contribution >= 0.6 is 0 Å². The highest BCUT2D eigenvalue weighted by Gasteiger charge is 2.43. The van der Waals surface area contributed by atoms with Gasteiger partial charge in [-0.15, -0.1) is 0 Å². The number of ether oxygens (including phenoxy) is 1. The number of quaternary nitrogens is 1. The minimum atomic E-state index is -1.83. The molecule has 6 heteroatoms. The molecule has 32 heavy (non-hydrogen) atoms. The summed E-state index contributed by atoms with van der Waals surface area (Å²) in [4.78, 5) is 21.9. The average Bonchev–Trinajstić information content (AvgIpc) is 2.85. The number of benzene rings is 2. The molecule has 0 unspecified atom stereocenters. The molecule has 1 aromatic heterocycles. The van der Waals surface area contributed by atoms with Crippen molar-refractivity contribution in [2.45, 2.75) is 31.0 Å². The van der Waals surface area contributed by atoms with Gasteiger partial charge in [-0.3, -0.25) is 0 Å². The summed E-state index contributed by atoms with van der Waals surface area (Å²) in [6.07, 6.45) is 5.68. The Labute approximate surface area is 189 Å². The molecule has 2 aromatic carbocycles. The third-order valence-corrected chi connectivity index (χ3v) is 6.43. The number of aromatic nitrogens is 2. The summed E-state index contributed by atoms with van der Waals surface area (Å²) in [5.74, 6) is 0.241. The largest absolute Gasteiger partial charge is 0.459 e. The first-order chi connectivity index (χ1) is 15.5. The Bertz CT molecular complexity index is 965. The van der Waals surface area contributed by atoms with Crippen molar-refractivity contribution < 1.29 is 19.1 Å². The van der Waals surface area contributed by atoms with E-state index < -0.39 is 11.6 Å². The molecule has 1 N–H and O–H groups in total. The molecule has 0 saturated carbocycles. The molecule has 0 bridgehead atoms. The standard InChI is InChI=1S/C26H30N3O3/c1-29(20-15-24-27-16-8-17-28-24)18-13-23(14-19-29)32-25(30)26(31,21-9-4-2-5-10-21)22-11-6-3-7-12-22/h2-12,16-17,23,31H,13-15,18-20H2,1H3/q+1. The Morgan fingerprint density at radius 2 is 1.50 bits per heavy atom. The molecule has 0 amide bonds. The summed E-state index contributed by atoms with van der Waals surface area (Å²) in [5, 5.41) is 11.6. The fourth-order valence-electron chi connectivity index (χ4n) is 4.34. The van der Waals surface area contributed by atoms with E-state index in [1.54, 1.807) is 36.7 Å². The number of hydrogen-bond donors (Lipinski definition) is 1. The van der Waals surface area contributed by atoms with Crippen LogP contribution in [0.1, 0.15) is 29.8 Å². The van der Waals surface area contributed by atoms with Gasteiger partial charge in [-0.2, -0.15) is 0 Å². The Hall–Kier alpha value is -3.09. The molecule has 1 aliphatic heterocycles. The van der Waals surface area contributed by atoms with E-state index in [4.69, 9.17) is 4.74 Å². The van der Waals surface area contributed by atoms with Crippen molar-refractivity contribution in [1.82, 2.24) is 9.97 Å². The zero-order valence-corrected chi connectivity index (χ0v) is 18.4. The number of likely N-dealkylation sites (N-methyl/N-ethyl adjacent to an activating group) is 1. The van der Waals surface area contributed by atoms with Crippen LogP contribution in [-0.2, 0) is 21.6 Å². The first-order valence-electron chi connectivity index (χ1n) is 11.1. The minimum absolute atomic E-state index is 0.208.